The van der Waals surface area contributed by atoms with Crippen LogP contribution in [0, 0.1) is 6.92 Å². The van der Waals surface area contributed by atoms with Crippen molar-refractivity contribution in [3.8, 4) is 0 Å². The molecule has 3 nitrogen and oxygen atoms in total. The zero-order valence-corrected chi connectivity index (χ0v) is 9.99. The van der Waals surface area contributed by atoms with Crippen LogP contribution < -0.4 is 0 Å². The summed E-state index contributed by atoms with van der Waals surface area (Å²) in [6.45, 7) is 4.76. The van der Waals surface area contributed by atoms with Crippen LogP contribution >= 0.6 is 0 Å². The highest BCUT2D eigenvalue weighted by Crippen LogP contribution is 2.21. The number of carboxylic acid groups (broad SMARTS) is 1. The largest absolute Gasteiger partial charge is 0.481 e. The van der Waals surface area contributed by atoms with Crippen LogP contribution in [0.4, 0.5) is 0 Å². The quantitative estimate of drug-likeness (QED) is 0.832. The second kappa shape index (κ2) is 5.66. The number of hydrogen-bond acceptors (Lipinski definition) is 2. The van der Waals surface area contributed by atoms with E-state index in [2.05, 4.69) is 6.92 Å². The molecular weight excluding hydrogens is 204 g/mol. The zero-order valence-electron chi connectivity index (χ0n) is 9.99. The van der Waals surface area contributed by atoms with E-state index in [9.17, 15) is 4.79 Å². The van der Waals surface area contributed by atoms with Crippen LogP contribution in [-0.4, -0.2) is 24.8 Å². The average molecular weight is 222 g/mol. The van der Waals surface area contributed by atoms with E-state index < -0.39 is 5.97 Å². The highest BCUT2D eigenvalue weighted by Gasteiger charge is 2.10. The molecule has 1 N–H and O–H groups in total. The minimum absolute atomic E-state index is 0.0764. The summed E-state index contributed by atoms with van der Waals surface area (Å²) in [6, 6.07) is 5.80. The minimum atomic E-state index is -0.797. The molecule has 3 heteroatoms. The molecule has 0 aliphatic rings. The number of carboxylic acids is 1. The number of methoxy groups -OCH3 is 1. The summed E-state index contributed by atoms with van der Waals surface area (Å²) < 4.78 is 5.12. The van der Waals surface area contributed by atoms with Crippen LogP contribution in [0.3, 0.4) is 0 Å². The predicted octanol–water partition coefficient (Wildman–Crippen LogP) is 2.37. The maximum Gasteiger partial charge on any atom is 0.307 e. The molecule has 1 rings (SSSR count). The van der Waals surface area contributed by atoms with E-state index in [0.29, 0.717) is 12.5 Å². The Hall–Kier alpha value is -1.35. The number of rotatable bonds is 5. The monoisotopic (exact) mass is 222 g/mol. The van der Waals surface area contributed by atoms with E-state index in [1.165, 1.54) is 11.1 Å². The van der Waals surface area contributed by atoms with E-state index in [1.807, 2.05) is 25.1 Å². The summed E-state index contributed by atoms with van der Waals surface area (Å²) in [4.78, 5) is 10.6. The first kappa shape index (κ1) is 12.7. The summed E-state index contributed by atoms with van der Waals surface area (Å²) in [5.74, 6) is -0.507. The molecule has 0 radical (unpaired) electrons. The molecule has 0 bridgehead atoms. The third-order valence-electron chi connectivity index (χ3n) is 2.65. The van der Waals surface area contributed by atoms with Crippen molar-refractivity contribution in [2.75, 3.05) is 13.7 Å². The SMILES string of the molecule is COCC(C)c1cc(CC(=O)O)ccc1C. The first-order chi connectivity index (χ1) is 7.54. The molecule has 0 spiro atoms. The fourth-order valence-electron chi connectivity index (χ4n) is 1.85. The van der Waals surface area contributed by atoms with Crippen molar-refractivity contribution in [2.45, 2.75) is 26.2 Å². The number of aryl methyl sites for hydroxylation is 1. The molecule has 1 atom stereocenters. The van der Waals surface area contributed by atoms with Gasteiger partial charge < -0.3 is 9.84 Å². The first-order valence-corrected chi connectivity index (χ1v) is 5.34. The molecule has 1 unspecified atom stereocenters. The Kier molecular flexibility index (Phi) is 4.50. The van der Waals surface area contributed by atoms with E-state index >= 15 is 0 Å². The molecule has 0 aliphatic carbocycles. The van der Waals surface area contributed by atoms with Crippen LogP contribution in [0.1, 0.15) is 29.5 Å². The van der Waals surface area contributed by atoms with Gasteiger partial charge >= 0.3 is 5.97 Å². The smallest absolute Gasteiger partial charge is 0.307 e. The summed E-state index contributed by atoms with van der Waals surface area (Å²) >= 11 is 0. The maximum absolute atomic E-state index is 10.6. The number of aliphatic carboxylic acids is 1. The predicted molar refractivity (Wildman–Crippen MR) is 62.8 cm³/mol. The Morgan fingerprint density at radius 2 is 2.19 bits per heavy atom. The van der Waals surface area contributed by atoms with Crippen LogP contribution in [0.2, 0.25) is 0 Å². The number of carbonyl (C=O) groups is 1. The Morgan fingerprint density at radius 3 is 2.75 bits per heavy atom. The molecule has 0 fully saturated rings. The molecule has 1 aromatic carbocycles. The zero-order chi connectivity index (χ0) is 12.1. The summed E-state index contributed by atoms with van der Waals surface area (Å²) in [5.41, 5.74) is 3.19. The van der Waals surface area contributed by atoms with Gasteiger partial charge in [0.15, 0.2) is 0 Å². The van der Waals surface area contributed by atoms with Gasteiger partial charge in [0.25, 0.3) is 0 Å². The number of hydrogen-bond donors (Lipinski definition) is 1. The summed E-state index contributed by atoms with van der Waals surface area (Å²) in [7, 11) is 1.67. The molecule has 0 saturated heterocycles. The molecule has 88 valence electrons. The van der Waals surface area contributed by atoms with Gasteiger partial charge in [0.2, 0.25) is 0 Å². The van der Waals surface area contributed by atoms with Crippen LogP contribution in [0.25, 0.3) is 0 Å². The van der Waals surface area contributed by atoms with Crippen molar-refractivity contribution in [3.63, 3.8) is 0 Å². The van der Waals surface area contributed by atoms with Crippen molar-refractivity contribution in [2.24, 2.45) is 0 Å². The van der Waals surface area contributed by atoms with Gasteiger partial charge in [-0.25, -0.2) is 0 Å². The van der Waals surface area contributed by atoms with E-state index in [0.717, 1.165) is 5.56 Å². The maximum atomic E-state index is 10.6. The van der Waals surface area contributed by atoms with Gasteiger partial charge in [-0.3, -0.25) is 4.79 Å². The molecule has 16 heavy (non-hydrogen) atoms. The fraction of sp³-hybridized carbons (Fsp3) is 0.462. The minimum Gasteiger partial charge on any atom is -0.481 e. The Balaban J connectivity index is 2.93. The standard InChI is InChI=1S/C13H18O3/c1-9-4-5-11(7-13(14)15)6-12(9)10(2)8-16-3/h4-6,10H,7-8H2,1-3H3,(H,14,15). The highest BCUT2D eigenvalue weighted by molar-refractivity contribution is 5.70. The van der Waals surface area contributed by atoms with Crippen molar-refractivity contribution < 1.29 is 14.6 Å². The molecule has 0 saturated carbocycles. The number of benzene rings is 1. The molecule has 1 aromatic rings. The second-order valence-corrected chi connectivity index (χ2v) is 4.12. The van der Waals surface area contributed by atoms with Gasteiger partial charge in [-0.05, 0) is 23.6 Å². The Morgan fingerprint density at radius 1 is 1.50 bits per heavy atom. The van der Waals surface area contributed by atoms with Crippen LogP contribution in [-0.2, 0) is 16.0 Å². The van der Waals surface area contributed by atoms with Crippen molar-refractivity contribution in [1.82, 2.24) is 0 Å². The average Bonchev–Trinajstić information content (AvgIpc) is 2.20. The van der Waals surface area contributed by atoms with Gasteiger partial charge in [0.05, 0.1) is 13.0 Å². The van der Waals surface area contributed by atoms with Crippen LogP contribution in [0.15, 0.2) is 18.2 Å². The molecule has 0 amide bonds. The summed E-state index contributed by atoms with van der Waals surface area (Å²) in [6.07, 6.45) is 0.0764. The van der Waals surface area contributed by atoms with E-state index in [-0.39, 0.29) is 6.42 Å². The van der Waals surface area contributed by atoms with Gasteiger partial charge in [-0.15, -0.1) is 0 Å². The molecule has 0 aliphatic heterocycles. The van der Waals surface area contributed by atoms with Gasteiger partial charge in [-0.1, -0.05) is 25.1 Å². The normalized spacial score (nSPS) is 12.4. The third kappa shape index (κ3) is 3.35. The Bertz CT molecular complexity index is 371. The molecular formula is C13H18O3. The van der Waals surface area contributed by atoms with Crippen molar-refractivity contribution >= 4 is 5.97 Å². The van der Waals surface area contributed by atoms with E-state index in [1.54, 1.807) is 7.11 Å². The lowest BCUT2D eigenvalue weighted by Gasteiger charge is -2.14. The highest BCUT2D eigenvalue weighted by atomic mass is 16.5. The van der Waals surface area contributed by atoms with Crippen LogP contribution in [0.5, 0.6) is 0 Å². The topological polar surface area (TPSA) is 46.5 Å². The summed E-state index contributed by atoms with van der Waals surface area (Å²) in [5, 5.41) is 8.74. The lowest BCUT2D eigenvalue weighted by molar-refractivity contribution is -0.136. The lowest BCUT2D eigenvalue weighted by atomic mass is 9.94. The van der Waals surface area contributed by atoms with Crippen molar-refractivity contribution in [3.05, 3.63) is 34.9 Å². The van der Waals surface area contributed by atoms with Gasteiger partial charge in [0, 0.05) is 13.0 Å². The first-order valence-electron chi connectivity index (χ1n) is 5.34. The lowest BCUT2D eigenvalue weighted by Crippen LogP contribution is -2.06. The number of ether oxygens (including phenoxy) is 1. The second-order valence-electron chi connectivity index (χ2n) is 4.12. The molecule has 0 heterocycles. The third-order valence-corrected chi connectivity index (χ3v) is 2.65. The van der Waals surface area contributed by atoms with Gasteiger partial charge in [0.1, 0.15) is 0 Å². The fourth-order valence-corrected chi connectivity index (χ4v) is 1.85. The van der Waals surface area contributed by atoms with Crippen molar-refractivity contribution in [1.29, 1.82) is 0 Å². The Labute approximate surface area is 96.1 Å². The van der Waals surface area contributed by atoms with E-state index in [4.69, 9.17) is 9.84 Å². The van der Waals surface area contributed by atoms with Gasteiger partial charge in [-0.2, -0.15) is 0 Å². The molecule has 0 aromatic heterocycles.